The molecule has 1 heterocycles. The zero-order valence-corrected chi connectivity index (χ0v) is 9.31. The molecule has 2 nitrogen and oxygen atoms in total. The summed E-state index contributed by atoms with van der Waals surface area (Å²) in [7, 11) is 0. The summed E-state index contributed by atoms with van der Waals surface area (Å²) in [6.45, 7) is 2.05. The second-order valence-electron chi connectivity index (χ2n) is 3.92. The summed E-state index contributed by atoms with van der Waals surface area (Å²) in [5.74, 6) is 0. The third kappa shape index (κ3) is 2.42. The fourth-order valence-corrected chi connectivity index (χ4v) is 2.52. The first kappa shape index (κ1) is 9.87. The largest absolute Gasteiger partial charge is 0.324 e. The Kier molecular flexibility index (Phi) is 2.99. The lowest BCUT2D eigenvalue weighted by Gasteiger charge is -2.16. The molecule has 0 saturated heterocycles. The van der Waals surface area contributed by atoms with Crippen LogP contribution in [-0.2, 0) is 6.42 Å². The van der Waals surface area contributed by atoms with Gasteiger partial charge in [0.25, 0.3) is 0 Å². The van der Waals surface area contributed by atoms with Crippen molar-refractivity contribution in [3.05, 3.63) is 27.7 Å². The summed E-state index contributed by atoms with van der Waals surface area (Å²) in [5.41, 5.74) is 8.56. The van der Waals surface area contributed by atoms with Crippen LogP contribution in [-0.4, -0.2) is 11.0 Å². The second-order valence-corrected chi connectivity index (χ2v) is 4.98. The number of hydrogen-bond acceptors (Lipinski definition) is 3. The van der Waals surface area contributed by atoms with Gasteiger partial charge < -0.3 is 5.73 Å². The third-order valence-corrected chi connectivity index (χ3v) is 3.38. The van der Waals surface area contributed by atoms with Crippen LogP contribution in [0.2, 0.25) is 0 Å². The topological polar surface area (TPSA) is 38.9 Å². The number of hydrogen-bond donors (Lipinski definition) is 1. The van der Waals surface area contributed by atoms with Crippen molar-refractivity contribution in [3.8, 4) is 0 Å². The Hall–Kier alpha value is -0.670. The molecule has 0 fully saturated rings. The normalized spacial score (nSPS) is 22.1. The Balaban J connectivity index is 2.03. The van der Waals surface area contributed by atoms with Crippen molar-refractivity contribution in [2.45, 2.75) is 38.6 Å². The molecule has 1 atom stereocenters. The fourth-order valence-electron chi connectivity index (χ4n) is 1.90. The van der Waals surface area contributed by atoms with E-state index < -0.39 is 0 Å². The number of allylic oxidation sites excluding steroid dienone is 1. The van der Waals surface area contributed by atoms with Crippen molar-refractivity contribution >= 4 is 11.3 Å². The number of thiazole rings is 1. The summed E-state index contributed by atoms with van der Waals surface area (Å²) in [5, 5.41) is 3.30. The van der Waals surface area contributed by atoms with Gasteiger partial charge in [0, 0.05) is 17.8 Å². The minimum absolute atomic E-state index is 0.276. The minimum atomic E-state index is 0.276. The molecule has 0 radical (unpaired) electrons. The molecule has 0 aromatic carbocycles. The number of rotatable bonds is 2. The molecule has 2 N–H and O–H groups in total. The molecular weight excluding hydrogens is 192 g/mol. The minimum Gasteiger partial charge on any atom is -0.324 e. The summed E-state index contributed by atoms with van der Waals surface area (Å²) >= 11 is 1.72. The predicted molar refractivity (Wildman–Crippen MR) is 60.5 cm³/mol. The highest BCUT2D eigenvalue weighted by molar-refractivity contribution is 7.09. The van der Waals surface area contributed by atoms with Gasteiger partial charge >= 0.3 is 0 Å². The molecule has 14 heavy (non-hydrogen) atoms. The van der Waals surface area contributed by atoms with Crippen LogP contribution in [0.4, 0.5) is 0 Å². The lowest BCUT2D eigenvalue weighted by atomic mass is 9.93. The Labute approximate surface area is 88.9 Å². The van der Waals surface area contributed by atoms with Crippen molar-refractivity contribution in [1.29, 1.82) is 0 Å². The lowest BCUT2D eigenvalue weighted by Crippen LogP contribution is -2.20. The van der Waals surface area contributed by atoms with E-state index in [1.54, 1.807) is 11.3 Å². The Morgan fingerprint density at radius 3 is 3.14 bits per heavy atom. The van der Waals surface area contributed by atoms with Gasteiger partial charge in [0.2, 0.25) is 0 Å². The van der Waals surface area contributed by atoms with E-state index in [9.17, 15) is 0 Å². The van der Waals surface area contributed by atoms with Crippen LogP contribution in [0.5, 0.6) is 0 Å². The predicted octanol–water partition coefficient (Wildman–Crippen LogP) is 2.43. The first-order valence-corrected chi connectivity index (χ1v) is 5.98. The van der Waals surface area contributed by atoms with Gasteiger partial charge in [0.1, 0.15) is 0 Å². The number of nitrogens with zero attached hydrogens (tertiary/aromatic N) is 1. The van der Waals surface area contributed by atoms with Gasteiger partial charge in [0.05, 0.1) is 10.7 Å². The molecule has 1 aliphatic rings. The van der Waals surface area contributed by atoms with E-state index in [2.05, 4.69) is 23.4 Å². The third-order valence-electron chi connectivity index (χ3n) is 2.56. The molecule has 0 amide bonds. The van der Waals surface area contributed by atoms with E-state index in [4.69, 9.17) is 5.73 Å². The molecule has 3 heteroatoms. The van der Waals surface area contributed by atoms with E-state index >= 15 is 0 Å². The van der Waals surface area contributed by atoms with E-state index in [-0.39, 0.29) is 6.04 Å². The van der Waals surface area contributed by atoms with Crippen molar-refractivity contribution in [3.63, 3.8) is 0 Å². The molecule has 1 aliphatic carbocycles. The van der Waals surface area contributed by atoms with Gasteiger partial charge in [0.15, 0.2) is 0 Å². The zero-order chi connectivity index (χ0) is 9.97. The zero-order valence-electron chi connectivity index (χ0n) is 8.49. The van der Waals surface area contributed by atoms with Gasteiger partial charge in [-0.05, 0) is 26.2 Å². The first-order valence-electron chi connectivity index (χ1n) is 5.10. The van der Waals surface area contributed by atoms with Gasteiger partial charge in [-0.1, -0.05) is 11.6 Å². The molecule has 0 aliphatic heterocycles. The standard InChI is InChI=1S/C11H16N2S/c1-8-13-11(7-14-8)6-9-3-2-4-10(12)5-9/h5,7,10H,2-4,6,12H2,1H3. The van der Waals surface area contributed by atoms with Crippen molar-refractivity contribution in [2.24, 2.45) is 5.73 Å². The van der Waals surface area contributed by atoms with Gasteiger partial charge in [-0.15, -0.1) is 11.3 Å². The maximum absolute atomic E-state index is 5.89. The second kappa shape index (κ2) is 4.24. The average molecular weight is 208 g/mol. The van der Waals surface area contributed by atoms with Crippen LogP contribution in [0, 0.1) is 6.92 Å². The summed E-state index contributed by atoms with van der Waals surface area (Å²) in [6, 6.07) is 0.276. The SMILES string of the molecule is Cc1nc(CC2=CC(N)CCC2)cs1. The average Bonchev–Trinajstić information content (AvgIpc) is 2.51. The van der Waals surface area contributed by atoms with Crippen LogP contribution >= 0.6 is 11.3 Å². The van der Waals surface area contributed by atoms with E-state index in [0.717, 1.165) is 17.8 Å². The quantitative estimate of drug-likeness (QED) is 0.758. The Morgan fingerprint density at radius 2 is 2.50 bits per heavy atom. The molecule has 1 unspecified atom stereocenters. The first-order chi connectivity index (χ1) is 6.74. The lowest BCUT2D eigenvalue weighted by molar-refractivity contribution is 0.616. The van der Waals surface area contributed by atoms with Gasteiger partial charge in [-0.3, -0.25) is 0 Å². The van der Waals surface area contributed by atoms with Crippen LogP contribution in [0.3, 0.4) is 0 Å². The smallest absolute Gasteiger partial charge is 0.0897 e. The number of nitrogens with two attached hydrogens (primary N) is 1. The Bertz CT molecular complexity index is 341. The van der Waals surface area contributed by atoms with Crippen molar-refractivity contribution < 1.29 is 0 Å². The van der Waals surface area contributed by atoms with E-state index in [1.807, 2.05) is 0 Å². The highest BCUT2D eigenvalue weighted by Crippen LogP contribution is 2.21. The summed E-state index contributed by atoms with van der Waals surface area (Å²) in [4.78, 5) is 4.47. The molecule has 0 bridgehead atoms. The number of aryl methyl sites for hydroxylation is 1. The molecule has 1 aromatic rings. The maximum atomic E-state index is 5.89. The van der Waals surface area contributed by atoms with Crippen LogP contribution in [0.15, 0.2) is 17.0 Å². The van der Waals surface area contributed by atoms with Crippen LogP contribution < -0.4 is 5.73 Å². The molecule has 2 rings (SSSR count). The van der Waals surface area contributed by atoms with E-state index in [0.29, 0.717) is 0 Å². The summed E-state index contributed by atoms with van der Waals surface area (Å²) < 4.78 is 0. The summed E-state index contributed by atoms with van der Waals surface area (Å²) in [6.07, 6.45) is 6.79. The van der Waals surface area contributed by atoms with Crippen LogP contribution in [0.1, 0.15) is 30.0 Å². The molecule has 0 spiro atoms. The molecule has 76 valence electrons. The fraction of sp³-hybridized carbons (Fsp3) is 0.545. The maximum Gasteiger partial charge on any atom is 0.0897 e. The van der Waals surface area contributed by atoms with Gasteiger partial charge in [-0.25, -0.2) is 4.98 Å². The molecule has 1 aromatic heterocycles. The van der Waals surface area contributed by atoms with Crippen molar-refractivity contribution in [2.75, 3.05) is 0 Å². The molecular formula is C11H16N2S. The highest BCUT2D eigenvalue weighted by Gasteiger charge is 2.11. The van der Waals surface area contributed by atoms with Gasteiger partial charge in [-0.2, -0.15) is 0 Å². The number of aromatic nitrogens is 1. The molecule has 0 saturated carbocycles. The van der Waals surface area contributed by atoms with E-state index in [1.165, 1.54) is 24.1 Å². The Morgan fingerprint density at radius 1 is 1.64 bits per heavy atom. The monoisotopic (exact) mass is 208 g/mol. The highest BCUT2D eigenvalue weighted by atomic mass is 32.1. The van der Waals surface area contributed by atoms with Crippen molar-refractivity contribution in [1.82, 2.24) is 4.98 Å². The van der Waals surface area contributed by atoms with Crippen LogP contribution in [0.25, 0.3) is 0 Å².